The molecule has 33 heavy (non-hydrogen) atoms. The van der Waals surface area contributed by atoms with Gasteiger partial charge in [0.1, 0.15) is 6.61 Å². The molecule has 0 radical (unpaired) electrons. The van der Waals surface area contributed by atoms with Crippen LogP contribution >= 0.6 is 0 Å². The number of carbonyl (C=O) groups is 4. The zero-order chi connectivity index (χ0) is 23.5. The van der Waals surface area contributed by atoms with Crippen molar-refractivity contribution in [1.29, 1.82) is 5.26 Å². The summed E-state index contributed by atoms with van der Waals surface area (Å²) in [5, 5.41) is 11.5. The third-order valence-corrected chi connectivity index (χ3v) is 5.02. The number of amides is 3. The number of hydrogen-bond donors (Lipinski definition) is 1. The second-order valence-corrected chi connectivity index (χ2v) is 7.32. The highest BCUT2D eigenvalue weighted by molar-refractivity contribution is 6.34. The van der Waals surface area contributed by atoms with Crippen molar-refractivity contribution < 1.29 is 23.9 Å². The number of rotatable bonds is 5. The maximum Gasteiger partial charge on any atom is 0.338 e. The highest BCUT2D eigenvalue weighted by atomic mass is 16.5. The molecule has 162 valence electrons. The van der Waals surface area contributed by atoms with E-state index >= 15 is 0 Å². The molecular formula is C25H17N3O5. The average molecular weight is 439 g/mol. The van der Waals surface area contributed by atoms with E-state index in [4.69, 9.17) is 10.00 Å². The highest BCUT2D eigenvalue weighted by Gasteiger charge is 2.37. The normalized spacial score (nSPS) is 12.2. The number of fused-ring (bicyclic) bond motifs is 1. The van der Waals surface area contributed by atoms with Gasteiger partial charge in [-0.25, -0.2) is 9.69 Å². The molecule has 0 saturated carbocycles. The van der Waals surface area contributed by atoms with Crippen LogP contribution in [0.15, 0.2) is 66.7 Å². The lowest BCUT2D eigenvalue weighted by Crippen LogP contribution is -2.29. The first-order valence-corrected chi connectivity index (χ1v) is 9.94. The van der Waals surface area contributed by atoms with Crippen molar-refractivity contribution in [2.75, 3.05) is 10.2 Å². The fraction of sp³-hybridized carbons (Fsp3) is 0.0800. The first-order chi connectivity index (χ1) is 15.9. The molecule has 1 aliphatic heterocycles. The summed E-state index contributed by atoms with van der Waals surface area (Å²) >= 11 is 0. The van der Waals surface area contributed by atoms with Crippen LogP contribution in [0, 0.1) is 11.3 Å². The van der Waals surface area contributed by atoms with Crippen LogP contribution in [-0.4, -0.2) is 23.7 Å². The Morgan fingerprint density at radius 1 is 0.939 bits per heavy atom. The van der Waals surface area contributed by atoms with Crippen molar-refractivity contribution in [2.24, 2.45) is 0 Å². The van der Waals surface area contributed by atoms with Crippen LogP contribution in [-0.2, 0) is 16.1 Å². The minimum Gasteiger partial charge on any atom is -0.457 e. The van der Waals surface area contributed by atoms with Gasteiger partial charge in [-0.05, 0) is 60.2 Å². The number of nitrogens with zero attached hydrogens (tertiary/aromatic N) is 2. The maximum absolute atomic E-state index is 12.9. The highest BCUT2D eigenvalue weighted by Crippen LogP contribution is 2.30. The molecule has 1 aliphatic rings. The van der Waals surface area contributed by atoms with Crippen LogP contribution in [0.25, 0.3) is 0 Å². The van der Waals surface area contributed by atoms with Gasteiger partial charge in [-0.3, -0.25) is 14.4 Å². The standard InChI is InChI=1S/C25H17N3O5/c1-15(29)27-19-7-9-20(10-8-19)28-23(30)21-11-6-18(12-22(21)24(28)31)25(32)33-14-17-4-2-16(13-26)3-5-17/h2-12H,14H2,1H3,(H,27,29). The van der Waals surface area contributed by atoms with E-state index in [0.717, 1.165) is 4.90 Å². The molecule has 0 fully saturated rings. The number of anilines is 2. The van der Waals surface area contributed by atoms with Crippen molar-refractivity contribution in [3.05, 3.63) is 94.5 Å². The summed E-state index contributed by atoms with van der Waals surface area (Å²) in [5.41, 5.74) is 2.54. The van der Waals surface area contributed by atoms with E-state index in [-0.39, 0.29) is 29.2 Å². The largest absolute Gasteiger partial charge is 0.457 e. The van der Waals surface area contributed by atoms with Crippen LogP contribution in [0.5, 0.6) is 0 Å². The maximum atomic E-state index is 12.9. The minimum atomic E-state index is -0.638. The molecule has 0 unspecified atom stereocenters. The van der Waals surface area contributed by atoms with E-state index < -0.39 is 17.8 Å². The Bertz CT molecular complexity index is 1320. The fourth-order valence-electron chi connectivity index (χ4n) is 3.41. The van der Waals surface area contributed by atoms with Crippen LogP contribution < -0.4 is 10.2 Å². The van der Waals surface area contributed by atoms with E-state index in [2.05, 4.69) is 5.32 Å². The number of esters is 1. The molecule has 0 saturated heterocycles. The molecule has 0 bridgehead atoms. The molecular weight excluding hydrogens is 422 g/mol. The van der Waals surface area contributed by atoms with Gasteiger partial charge >= 0.3 is 5.97 Å². The lowest BCUT2D eigenvalue weighted by atomic mass is 10.1. The number of ether oxygens (including phenoxy) is 1. The topological polar surface area (TPSA) is 117 Å². The van der Waals surface area contributed by atoms with E-state index in [1.807, 2.05) is 6.07 Å². The molecule has 0 spiro atoms. The van der Waals surface area contributed by atoms with E-state index in [1.165, 1.54) is 25.1 Å². The molecule has 0 atom stereocenters. The SMILES string of the molecule is CC(=O)Nc1ccc(N2C(=O)c3ccc(C(=O)OCc4ccc(C#N)cc4)cc3C2=O)cc1. The fourth-order valence-corrected chi connectivity index (χ4v) is 3.41. The Morgan fingerprint density at radius 3 is 2.24 bits per heavy atom. The summed E-state index contributed by atoms with van der Waals surface area (Å²) in [6, 6.07) is 19.1. The lowest BCUT2D eigenvalue weighted by Gasteiger charge is -2.14. The van der Waals surface area contributed by atoms with Gasteiger partial charge in [-0.2, -0.15) is 5.26 Å². The predicted molar refractivity (Wildman–Crippen MR) is 119 cm³/mol. The van der Waals surface area contributed by atoms with Crippen LogP contribution in [0.4, 0.5) is 11.4 Å². The predicted octanol–water partition coefficient (Wildman–Crippen LogP) is 3.67. The average Bonchev–Trinajstić information content (AvgIpc) is 3.07. The third-order valence-electron chi connectivity index (χ3n) is 5.02. The van der Waals surface area contributed by atoms with Crippen LogP contribution in [0.3, 0.4) is 0 Å². The third kappa shape index (κ3) is 4.34. The molecule has 1 heterocycles. The Balaban J connectivity index is 1.50. The zero-order valence-electron chi connectivity index (χ0n) is 17.5. The van der Waals surface area contributed by atoms with Crippen molar-refractivity contribution in [3.63, 3.8) is 0 Å². The molecule has 3 amide bonds. The molecule has 3 aromatic rings. The Kier molecular flexibility index (Phi) is 5.70. The summed E-state index contributed by atoms with van der Waals surface area (Å²) < 4.78 is 5.30. The van der Waals surface area contributed by atoms with Crippen molar-refractivity contribution >= 4 is 35.1 Å². The molecule has 0 aromatic heterocycles. The molecule has 8 nitrogen and oxygen atoms in total. The van der Waals surface area contributed by atoms with Crippen molar-refractivity contribution in [1.82, 2.24) is 0 Å². The molecule has 8 heteroatoms. The van der Waals surface area contributed by atoms with Gasteiger partial charge in [-0.15, -0.1) is 0 Å². The number of benzene rings is 3. The molecule has 1 N–H and O–H groups in total. The number of nitriles is 1. The monoisotopic (exact) mass is 439 g/mol. The molecule has 0 aliphatic carbocycles. The second-order valence-electron chi connectivity index (χ2n) is 7.32. The number of hydrogen-bond acceptors (Lipinski definition) is 6. The van der Waals surface area contributed by atoms with Crippen molar-refractivity contribution in [2.45, 2.75) is 13.5 Å². The Morgan fingerprint density at radius 2 is 1.61 bits per heavy atom. The first kappa shape index (κ1) is 21.5. The Hall–Kier alpha value is -4.77. The lowest BCUT2D eigenvalue weighted by molar-refractivity contribution is -0.114. The van der Waals surface area contributed by atoms with Gasteiger partial charge in [0.2, 0.25) is 5.91 Å². The van der Waals surface area contributed by atoms with Crippen molar-refractivity contribution in [3.8, 4) is 6.07 Å². The summed E-state index contributed by atoms with van der Waals surface area (Å²) in [7, 11) is 0. The van der Waals surface area contributed by atoms with Gasteiger partial charge in [0.25, 0.3) is 11.8 Å². The van der Waals surface area contributed by atoms with E-state index in [1.54, 1.807) is 48.5 Å². The minimum absolute atomic E-state index is 0.00127. The van der Waals surface area contributed by atoms with Crippen LogP contribution in [0.2, 0.25) is 0 Å². The smallest absolute Gasteiger partial charge is 0.338 e. The Labute approximate surface area is 189 Å². The van der Waals surface area contributed by atoms with Gasteiger partial charge < -0.3 is 10.1 Å². The zero-order valence-corrected chi connectivity index (χ0v) is 17.5. The van der Waals surface area contributed by atoms with Gasteiger partial charge in [-0.1, -0.05) is 12.1 Å². The number of imide groups is 1. The summed E-state index contributed by atoms with van der Waals surface area (Å²) in [5.74, 6) is -1.92. The number of nitrogens with one attached hydrogen (secondary N) is 1. The summed E-state index contributed by atoms with van der Waals surface area (Å²) in [6.45, 7) is 1.38. The van der Waals surface area contributed by atoms with E-state index in [0.29, 0.717) is 22.5 Å². The van der Waals surface area contributed by atoms with Crippen LogP contribution in [0.1, 0.15) is 49.1 Å². The number of carbonyl (C=O) groups excluding carboxylic acids is 4. The molecule has 3 aromatic carbocycles. The summed E-state index contributed by atoms with van der Waals surface area (Å²) in [6.07, 6.45) is 0. The molecule has 4 rings (SSSR count). The summed E-state index contributed by atoms with van der Waals surface area (Å²) in [4.78, 5) is 50.4. The quantitative estimate of drug-likeness (QED) is 0.479. The van der Waals surface area contributed by atoms with Gasteiger partial charge in [0.15, 0.2) is 0 Å². The van der Waals surface area contributed by atoms with E-state index in [9.17, 15) is 19.2 Å². The first-order valence-electron chi connectivity index (χ1n) is 9.94. The van der Waals surface area contributed by atoms with Gasteiger partial charge in [0.05, 0.1) is 34.0 Å². The second kappa shape index (κ2) is 8.77. The van der Waals surface area contributed by atoms with Gasteiger partial charge in [0, 0.05) is 12.6 Å².